The molecule has 2 atom stereocenters. The number of rotatable bonds is 3. The molecule has 0 aliphatic heterocycles. The van der Waals surface area contributed by atoms with Crippen LogP contribution in [0.4, 0.5) is 0 Å². The van der Waals surface area contributed by atoms with Gasteiger partial charge in [0, 0.05) is 29.1 Å². The highest BCUT2D eigenvalue weighted by molar-refractivity contribution is 5.86. The SMILES string of the molecule is Cc1ccc2[nH]c3c(c2c1)C[C@@H](NC(=O)C[C@@H]1C=CCC1)CC3. The zero-order valence-corrected chi connectivity index (χ0v) is 13.7. The van der Waals surface area contributed by atoms with Crippen LogP contribution in [0.2, 0.25) is 0 Å². The van der Waals surface area contributed by atoms with Gasteiger partial charge in [0.2, 0.25) is 5.91 Å². The molecule has 1 heterocycles. The fourth-order valence-electron chi connectivity index (χ4n) is 4.04. The van der Waals surface area contributed by atoms with Gasteiger partial charge in [-0.2, -0.15) is 0 Å². The minimum Gasteiger partial charge on any atom is -0.358 e. The van der Waals surface area contributed by atoms with E-state index < -0.39 is 0 Å². The summed E-state index contributed by atoms with van der Waals surface area (Å²) < 4.78 is 0. The number of aryl methyl sites for hydroxylation is 2. The van der Waals surface area contributed by atoms with Gasteiger partial charge in [0.1, 0.15) is 0 Å². The Kier molecular flexibility index (Phi) is 3.72. The van der Waals surface area contributed by atoms with E-state index in [0.29, 0.717) is 12.3 Å². The number of aromatic amines is 1. The smallest absolute Gasteiger partial charge is 0.220 e. The molecule has 4 rings (SSSR count). The van der Waals surface area contributed by atoms with Crippen LogP contribution in [0.15, 0.2) is 30.4 Å². The topological polar surface area (TPSA) is 44.9 Å². The van der Waals surface area contributed by atoms with Crippen molar-refractivity contribution >= 4 is 16.8 Å². The lowest BCUT2D eigenvalue weighted by atomic mass is 9.91. The number of allylic oxidation sites excluding steroid dienone is 2. The maximum Gasteiger partial charge on any atom is 0.220 e. The van der Waals surface area contributed by atoms with E-state index in [4.69, 9.17) is 0 Å². The predicted molar refractivity (Wildman–Crippen MR) is 93.5 cm³/mol. The van der Waals surface area contributed by atoms with Crippen molar-refractivity contribution in [1.29, 1.82) is 0 Å². The Morgan fingerprint density at radius 1 is 1.35 bits per heavy atom. The molecule has 0 unspecified atom stereocenters. The first-order valence-electron chi connectivity index (χ1n) is 8.75. The van der Waals surface area contributed by atoms with E-state index in [1.165, 1.54) is 27.7 Å². The predicted octanol–water partition coefficient (Wildman–Crippen LogP) is 3.81. The van der Waals surface area contributed by atoms with Gasteiger partial charge in [-0.05, 0) is 62.6 Å². The molecule has 0 radical (unpaired) electrons. The molecule has 2 aliphatic carbocycles. The van der Waals surface area contributed by atoms with Crippen molar-refractivity contribution < 1.29 is 4.79 Å². The molecule has 1 aromatic heterocycles. The summed E-state index contributed by atoms with van der Waals surface area (Å²) in [5.41, 5.74) is 5.28. The zero-order valence-electron chi connectivity index (χ0n) is 13.7. The average Bonchev–Trinajstić information content (AvgIpc) is 3.14. The van der Waals surface area contributed by atoms with Crippen LogP contribution in [0.1, 0.15) is 42.5 Å². The molecule has 1 amide bonds. The van der Waals surface area contributed by atoms with Gasteiger partial charge in [-0.15, -0.1) is 0 Å². The summed E-state index contributed by atoms with van der Waals surface area (Å²) in [4.78, 5) is 15.8. The molecule has 2 N–H and O–H groups in total. The summed E-state index contributed by atoms with van der Waals surface area (Å²) in [6.07, 6.45) is 10.3. The molecule has 2 aliphatic rings. The minimum atomic E-state index is 0.214. The Hall–Kier alpha value is -2.03. The number of amides is 1. The van der Waals surface area contributed by atoms with E-state index in [2.05, 4.69) is 47.6 Å². The van der Waals surface area contributed by atoms with E-state index >= 15 is 0 Å². The standard InChI is InChI=1S/C20H24N2O/c1-13-6-8-18-16(10-13)17-12-15(7-9-19(17)22-18)21-20(23)11-14-4-2-3-5-14/h2,4,6,8,10,14-15,22H,3,5,7,9,11-12H2,1H3,(H,21,23)/t14-,15+/m1/s1. The van der Waals surface area contributed by atoms with E-state index in [9.17, 15) is 4.79 Å². The van der Waals surface area contributed by atoms with Crippen molar-refractivity contribution in [1.82, 2.24) is 10.3 Å². The normalized spacial score (nSPS) is 23.2. The number of nitrogens with one attached hydrogen (secondary N) is 2. The second-order valence-corrected chi connectivity index (χ2v) is 7.11. The highest BCUT2D eigenvalue weighted by atomic mass is 16.1. The van der Waals surface area contributed by atoms with Crippen molar-refractivity contribution in [3.63, 3.8) is 0 Å². The Bertz CT molecular complexity index is 771. The average molecular weight is 308 g/mol. The van der Waals surface area contributed by atoms with Crippen LogP contribution in [0.5, 0.6) is 0 Å². The van der Waals surface area contributed by atoms with Gasteiger partial charge >= 0.3 is 0 Å². The third-order valence-electron chi connectivity index (χ3n) is 5.27. The second-order valence-electron chi connectivity index (χ2n) is 7.11. The van der Waals surface area contributed by atoms with Crippen molar-refractivity contribution in [2.24, 2.45) is 5.92 Å². The molecule has 0 saturated carbocycles. The lowest BCUT2D eigenvalue weighted by Crippen LogP contribution is -2.39. The van der Waals surface area contributed by atoms with Crippen LogP contribution in [0, 0.1) is 12.8 Å². The molecule has 120 valence electrons. The summed E-state index contributed by atoms with van der Waals surface area (Å²) in [6.45, 7) is 2.13. The van der Waals surface area contributed by atoms with Crippen molar-refractivity contribution in [2.45, 2.75) is 51.5 Å². The first-order chi connectivity index (χ1) is 11.2. The Morgan fingerprint density at radius 3 is 3.09 bits per heavy atom. The molecular weight excluding hydrogens is 284 g/mol. The number of carbonyl (C=O) groups is 1. The van der Waals surface area contributed by atoms with Gasteiger partial charge in [-0.1, -0.05) is 23.8 Å². The first kappa shape index (κ1) is 14.6. The summed E-state index contributed by atoms with van der Waals surface area (Å²) in [5.74, 6) is 0.663. The minimum absolute atomic E-state index is 0.214. The van der Waals surface area contributed by atoms with Crippen molar-refractivity contribution in [3.8, 4) is 0 Å². The summed E-state index contributed by atoms with van der Waals surface area (Å²) >= 11 is 0. The molecule has 0 bridgehead atoms. The molecule has 23 heavy (non-hydrogen) atoms. The Labute approximate surface area is 137 Å². The quantitative estimate of drug-likeness (QED) is 0.832. The number of aromatic nitrogens is 1. The van der Waals surface area contributed by atoms with Crippen LogP contribution in [-0.4, -0.2) is 16.9 Å². The first-order valence-corrected chi connectivity index (χ1v) is 8.75. The number of benzene rings is 1. The van der Waals surface area contributed by atoms with E-state index in [0.717, 1.165) is 32.1 Å². The van der Waals surface area contributed by atoms with Crippen LogP contribution in [0.3, 0.4) is 0 Å². The van der Waals surface area contributed by atoms with Crippen molar-refractivity contribution in [2.75, 3.05) is 0 Å². The molecular formula is C20H24N2O. The number of hydrogen-bond acceptors (Lipinski definition) is 1. The van der Waals surface area contributed by atoms with Gasteiger partial charge in [-0.25, -0.2) is 0 Å². The van der Waals surface area contributed by atoms with Crippen LogP contribution in [0.25, 0.3) is 10.9 Å². The third kappa shape index (κ3) is 2.92. The molecule has 0 saturated heterocycles. The highest BCUT2D eigenvalue weighted by Crippen LogP contribution is 2.30. The fraction of sp³-hybridized carbons (Fsp3) is 0.450. The zero-order chi connectivity index (χ0) is 15.8. The number of hydrogen-bond donors (Lipinski definition) is 2. The maximum atomic E-state index is 12.3. The van der Waals surface area contributed by atoms with Gasteiger partial charge in [0.05, 0.1) is 0 Å². The third-order valence-corrected chi connectivity index (χ3v) is 5.27. The van der Waals surface area contributed by atoms with Crippen LogP contribution >= 0.6 is 0 Å². The Morgan fingerprint density at radius 2 is 2.26 bits per heavy atom. The van der Waals surface area contributed by atoms with E-state index in [1.807, 2.05) is 0 Å². The Balaban J connectivity index is 1.47. The van der Waals surface area contributed by atoms with Gasteiger partial charge in [0.15, 0.2) is 0 Å². The maximum absolute atomic E-state index is 12.3. The van der Waals surface area contributed by atoms with Gasteiger partial charge in [0.25, 0.3) is 0 Å². The number of H-pyrrole nitrogens is 1. The number of carbonyl (C=O) groups excluding carboxylic acids is 1. The summed E-state index contributed by atoms with van der Waals surface area (Å²) in [5, 5.41) is 4.60. The lowest BCUT2D eigenvalue weighted by molar-refractivity contribution is -0.122. The molecule has 3 heteroatoms. The van der Waals surface area contributed by atoms with E-state index in [-0.39, 0.29) is 11.9 Å². The molecule has 2 aromatic rings. The van der Waals surface area contributed by atoms with Crippen LogP contribution in [-0.2, 0) is 17.6 Å². The van der Waals surface area contributed by atoms with Gasteiger partial charge < -0.3 is 10.3 Å². The van der Waals surface area contributed by atoms with E-state index in [1.54, 1.807) is 0 Å². The molecule has 1 aromatic carbocycles. The molecule has 0 spiro atoms. The van der Waals surface area contributed by atoms with Crippen LogP contribution < -0.4 is 5.32 Å². The van der Waals surface area contributed by atoms with Gasteiger partial charge in [-0.3, -0.25) is 4.79 Å². The second kappa shape index (κ2) is 5.88. The monoisotopic (exact) mass is 308 g/mol. The lowest BCUT2D eigenvalue weighted by Gasteiger charge is -2.24. The van der Waals surface area contributed by atoms with Crippen molar-refractivity contribution in [3.05, 3.63) is 47.2 Å². The fourth-order valence-corrected chi connectivity index (χ4v) is 4.04. The summed E-state index contributed by atoms with van der Waals surface area (Å²) in [6, 6.07) is 6.86. The summed E-state index contributed by atoms with van der Waals surface area (Å²) in [7, 11) is 0. The highest BCUT2D eigenvalue weighted by Gasteiger charge is 2.24. The number of fused-ring (bicyclic) bond motifs is 3. The molecule has 0 fully saturated rings. The largest absolute Gasteiger partial charge is 0.358 e. The molecule has 3 nitrogen and oxygen atoms in total.